The summed E-state index contributed by atoms with van der Waals surface area (Å²) in [7, 11) is 1.25. The lowest BCUT2D eigenvalue weighted by Gasteiger charge is -2.14. The number of hydrogen-bond donors (Lipinski definition) is 0. The van der Waals surface area contributed by atoms with Crippen molar-refractivity contribution in [2.75, 3.05) is 0 Å². The fourth-order valence-electron chi connectivity index (χ4n) is 1.24. The molecule has 1 aliphatic carbocycles. The van der Waals surface area contributed by atoms with E-state index in [1.165, 1.54) is 23.1 Å². The second-order valence-electron chi connectivity index (χ2n) is 3.41. The average Bonchev–Trinajstić information content (AvgIpc) is 1.88. The van der Waals surface area contributed by atoms with Gasteiger partial charge in [0.2, 0.25) is 0 Å². The van der Waals surface area contributed by atoms with Gasteiger partial charge < -0.3 is 0 Å². The first-order chi connectivity index (χ1) is 4.70. The summed E-state index contributed by atoms with van der Waals surface area (Å²) in [5.74, 6) is 0.756. The highest BCUT2D eigenvalue weighted by Crippen LogP contribution is 2.22. The van der Waals surface area contributed by atoms with Crippen molar-refractivity contribution in [2.45, 2.75) is 26.7 Å². The molecule has 0 bridgehead atoms. The van der Waals surface area contributed by atoms with Crippen LogP contribution >= 0.6 is 0 Å². The van der Waals surface area contributed by atoms with Gasteiger partial charge in [0.1, 0.15) is 0 Å². The maximum atomic E-state index is 2.32. The first kappa shape index (κ1) is 7.80. The standard InChI is InChI=1S/C9H16Si/c1-7(2)8-3-5-9(10)6-4-8/h3,5,7H,4,6H2,1-2,10H3. The van der Waals surface area contributed by atoms with Crippen molar-refractivity contribution >= 4 is 10.2 Å². The smallest absolute Gasteiger partial charge is 0.0333 e. The van der Waals surface area contributed by atoms with Crippen LogP contribution in [0.1, 0.15) is 26.7 Å². The molecular formula is C9H16Si. The highest BCUT2D eigenvalue weighted by molar-refractivity contribution is 6.21. The van der Waals surface area contributed by atoms with Gasteiger partial charge in [0, 0.05) is 10.2 Å². The van der Waals surface area contributed by atoms with Crippen molar-refractivity contribution in [3.63, 3.8) is 0 Å². The highest BCUT2D eigenvalue weighted by atomic mass is 28.1. The Balaban J connectivity index is 2.64. The van der Waals surface area contributed by atoms with Gasteiger partial charge in [-0.3, -0.25) is 0 Å². The number of allylic oxidation sites excluding steroid dienone is 4. The van der Waals surface area contributed by atoms with Crippen LogP contribution in [0.4, 0.5) is 0 Å². The fourth-order valence-corrected chi connectivity index (χ4v) is 1.66. The molecule has 0 aliphatic heterocycles. The SMILES string of the molecule is CC(C)C1=CC=C([SiH3])CC1. The van der Waals surface area contributed by atoms with Crippen LogP contribution in [0.3, 0.4) is 0 Å². The Morgan fingerprint density at radius 1 is 1.30 bits per heavy atom. The van der Waals surface area contributed by atoms with Crippen LogP contribution in [0, 0.1) is 5.92 Å². The molecule has 10 heavy (non-hydrogen) atoms. The van der Waals surface area contributed by atoms with Crippen molar-refractivity contribution in [3.8, 4) is 0 Å². The Bertz CT molecular complexity index is 175. The summed E-state index contributed by atoms with van der Waals surface area (Å²) in [6.07, 6.45) is 7.27. The third-order valence-electron chi connectivity index (χ3n) is 2.13. The van der Waals surface area contributed by atoms with E-state index in [9.17, 15) is 0 Å². The van der Waals surface area contributed by atoms with Gasteiger partial charge in [-0.25, -0.2) is 0 Å². The molecule has 0 unspecified atom stereocenters. The van der Waals surface area contributed by atoms with Gasteiger partial charge in [0.15, 0.2) is 0 Å². The molecule has 0 nitrogen and oxygen atoms in total. The van der Waals surface area contributed by atoms with Crippen LogP contribution in [0.2, 0.25) is 0 Å². The molecule has 0 fully saturated rings. The van der Waals surface area contributed by atoms with E-state index in [2.05, 4.69) is 26.0 Å². The third kappa shape index (κ3) is 1.84. The molecule has 56 valence electrons. The second kappa shape index (κ2) is 3.20. The predicted molar refractivity (Wildman–Crippen MR) is 50.2 cm³/mol. The van der Waals surface area contributed by atoms with Gasteiger partial charge in [-0.1, -0.05) is 36.8 Å². The Hall–Kier alpha value is -0.303. The Morgan fingerprint density at radius 3 is 2.40 bits per heavy atom. The summed E-state index contributed by atoms with van der Waals surface area (Å²) in [5, 5.41) is 1.66. The van der Waals surface area contributed by atoms with Crippen molar-refractivity contribution in [1.29, 1.82) is 0 Å². The lowest BCUT2D eigenvalue weighted by atomic mass is 9.95. The topological polar surface area (TPSA) is 0 Å². The van der Waals surface area contributed by atoms with Crippen LogP contribution in [-0.4, -0.2) is 10.2 Å². The maximum absolute atomic E-state index is 2.32. The molecular weight excluding hydrogens is 136 g/mol. The molecule has 1 heteroatoms. The molecule has 0 heterocycles. The number of rotatable bonds is 1. The quantitative estimate of drug-likeness (QED) is 0.501. The molecule has 1 aliphatic rings. The second-order valence-corrected chi connectivity index (χ2v) is 4.69. The van der Waals surface area contributed by atoms with Crippen LogP contribution in [0.15, 0.2) is 22.9 Å². The Kier molecular flexibility index (Phi) is 2.49. The number of hydrogen-bond acceptors (Lipinski definition) is 0. The zero-order chi connectivity index (χ0) is 7.56. The predicted octanol–water partition coefficient (Wildman–Crippen LogP) is 1.61. The first-order valence-electron chi connectivity index (χ1n) is 4.06. The van der Waals surface area contributed by atoms with E-state index in [-0.39, 0.29) is 0 Å². The summed E-state index contributed by atoms with van der Waals surface area (Å²) in [5.41, 5.74) is 1.62. The molecule has 0 saturated carbocycles. The van der Waals surface area contributed by atoms with E-state index in [1.54, 1.807) is 10.8 Å². The normalized spacial score (nSPS) is 19.1. The van der Waals surface area contributed by atoms with E-state index in [1.807, 2.05) is 0 Å². The zero-order valence-electron chi connectivity index (χ0n) is 7.15. The minimum Gasteiger partial charge on any atom is -0.0915 e. The molecule has 0 aromatic rings. The van der Waals surface area contributed by atoms with Crippen molar-refractivity contribution in [3.05, 3.63) is 22.9 Å². The van der Waals surface area contributed by atoms with E-state index < -0.39 is 0 Å². The molecule has 0 spiro atoms. The average molecular weight is 152 g/mol. The van der Waals surface area contributed by atoms with Crippen LogP contribution in [0.5, 0.6) is 0 Å². The van der Waals surface area contributed by atoms with Crippen LogP contribution in [-0.2, 0) is 0 Å². The molecule has 1 rings (SSSR count). The van der Waals surface area contributed by atoms with Crippen molar-refractivity contribution in [1.82, 2.24) is 0 Å². The van der Waals surface area contributed by atoms with Gasteiger partial charge in [-0.15, -0.1) is 0 Å². The molecule has 0 N–H and O–H groups in total. The molecule has 0 aromatic carbocycles. The van der Waals surface area contributed by atoms with Gasteiger partial charge >= 0.3 is 0 Å². The monoisotopic (exact) mass is 152 g/mol. The summed E-state index contributed by atoms with van der Waals surface area (Å²) in [4.78, 5) is 0. The summed E-state index contributed by atoms with van der Waals surface area (Å²) < 4.78 is 0. The molecule has 0 amide bonds. The fraction of sp³-hybridized carbons (Fsp3) is 0.556. The lowest BCUT2D eigenvalue weighted by molar-refractivity contribution is 0.707. The Morgan fingerprint density at radius 2 is 2.00 bits per heavy atom. The van der Waals surface area contributed by atoms with Crippen molar-refractivity contribution < 1.29 is 0 Å². The molecule has 0 radical (unpaired) electrons. The molecule has 0 saturated heterocycles. The zero-order valence-corrected chi connectivity index (χ0v) is 9.15. The van der Waals surface area contributed by atoms with Gasteiger partial charge in [0.05, 0.1) is 0 Å². The highest BCUT2D eigenvalue weighted by Gasteiger charge is 2.05. The maximum Gasteiger partial charge on any atom is 0.0333 e. The largest absolute Gasteiger partial charge is 0.0915 e. The molecule has 0 atom stereocenters. The first-order valence-corrected chi connectivity index (χ1v) is 5.06. The van der Waals surface area contributed by atoms with E-state index in [0.717, 1.165) is 5.92 Å². The van der Waals surface area contributed by atoms with Crippen LogP contribution < -0.4 is 0 Å². The summed E-state index contributed by atoms with van der Waals surface area (Å²) >= 11 is 0. The summed E-state index contributed by atoms with van der Waals surface area (Å²) in [6.45, 7) is 4.55. The van der Waals surface area contributed by atoms with E-state index in [4.69, 9.17) is 0 Å². The van der Waals surface area contributed by atoms with Gasteiger partial charge in [0.25, 0.3) is 0 Å². The van der Waals surface area contributed by atoms with Crippen molar-refractivity contribution in [2.24, 2.45) is 5.92 Å². The van der Waals surface area contributed by atoms with Crippen LogP contribution in [0.25, 0.3) is 0 Å². The Labute approximate surface area is 66.4 Å². The van der Waals surface area contributed by atoms with E-state index in [0.29, 0.717) is 0 Å². The van der Waals surface area contributed by atoms with Gasteiger partial charge in [-0.2, -0.15) is 0 Å². The molecule has 0 aromatic heterocycles. The summed E-state index contributed by atoms with van der Waals surface area (Å²) in [6, 6.07) is 0. The van der Waals surface area contributed by atoms with E-state index >= 15 is 0 Å². The third-order valence-corrected chi connectivity index (χ3v) is 2.96. The van der Waals surface area contributed by atoms with Gasteiger partial charge in [-0.05, 0) is 18.8 Å². The minimum absolute atomic E-state index is 0.756. The minimum atomic E-state index is 0.756. The lowest BCUT2D eigenvalue weighted by Crippen LogP contribution is -1.99.